The van der Waals surface area contributed by atoms with Gasteiger partial charge in [-0.1, -0.05) is 18.5 Å². The van der Waals surface area contributed by atoms with Crippen LogP contribution in [-0.2, 0) is 14.8 Å². The fourth-order valence-corrected chi connectivity index (χ4v) is 5.61. The summed E-state index contributed by atoms with van der Waals surface area (Å²) < 4.78 is 26.7. The molecule has 1 heterocycles. The molecule has 1 fully saturated rings. The molecule has 1 aliphatic rings. The number of carbonyl (C=O) groups is 1. The average molecular weight is 439 g/mol. The maximum atomic E-state index is 12.6. The Kier molecular flexibility index (Phi) is 7.04. The monoisotopic (exact) mass is 438 g/mol. The molecule has 5 nitrogen and oxygen atoms in total. The molecular formula is C20H23ClN2O3S2. The third kappa shape index (κ3) is 5.08. The van der Waals surface area contributed by atoms with Crippen molar-refractivity contribution in [3.8, 4) is 0 Å². The molecule has 1 amide bonds. The number of halogens is 1. The third-order valence-corrected chi connectivity index (χ3v) is 8.12. The smallest absolute Gasteiger partial charge is 0.243 e. The predicted molar refractivity (Wildman–Crippen MR) is 114 cm³/mol. The lowest BCUT2D eigenvalue weighted by Gasteiger charge is -2.17. The van der Waals surface area contributed by atoms with Crippen molar-refractivity contribution < 1.29 is 13.2 Å². The Bertz CT molecular complexity index is 909. The van der Waals surface area contributed by atoms with Crippen molar-refractivity contribution in [3.05, 3.63) is 53.6 Å². The van der Waals surface area contributed by atoms with Gasteiger partial charge in [0.15, 0.2) is 0 Å². The zero-order chi connectivity index (χ0) is 20.1. The summed E-state index contributed by atoms with van der Waals surface area (Å²) in [4.78, 5) is 13.9. The van der Waals surface area contributed by atoms with Gasteiger partial charge in [0, 0.05) is 28.7 Å². The van der Waals surface area contributed by atoms with Crippen LogP contribution in [0.4, 0.5) is 5.69 Å². The molecule has 3 rings (SSSR count). The first kappa shape index (κ1) is 21.2. The third-order valence-electron chi connectivity index (χ3n) is 4.58. The first-order valence-electron chi connectivity index (χ1n) is 9.23. The van der Waals surface area contributed by atoms with Gasteiger partial charge >= 0.3 is 0 Å². The fraction of sp³-hybridized carbons (Fsp3) is 0.350. The number of hydrogen-bond donors (Lipinski definition) is 1. The van der Waals surface area contributed by atoms with Gasteiger partial charge in [-0.05, 0) is 67.8 Å². The van der Waals surface area contributed by atoms with Crippen molar-refractivity contribution in [2.24, 2.45) is 0 Å². The summed E-state index contributed by atoms with van der Waals surface area (Å²) in [6.45, 7) is 3.10. The van der Waals surface area contributed by atoms with E-state index in [1.165, 1.54) is 16.1 Å². The van der Waals surface area contributed by atoms with Crippen molar-refractivity contribution in [2.45, 2.75) is 41.2 Å². The van der Waals surface area contributed by atoms with E-state index in [1.807, 2.05) is 19.1 Å². The second kappa shape index (κ2) is 9.31. The summed E-state index contributed by atoms with van der Waals surface area (Å²) in [7, 11) is -3.44. The van der Waals surface area contributed by atoms with Gasteiger partial charge in [0.1, 0.15) is 0 Å². The molecule has 0 aliphatic carbocycles. The molecule has 0 bridgehead atoms. The second-order valence-corrected chi connectivity index (χ2v) is 10.2. The highest BCUT2D eigenvalue weighted by molar-refractivity contribution is 8.00. The van der Waals surface area contributed by atoms with E-state index in [0.29, 0.717) is 30.2 Å². The van der Waals surface area contributed by atoms with Crippen molar-refractivity contribution in [1.82, 2.24) is 4.31 Å². The van der Waals surface area contributed by atoms with E-state index in [9.17, 15) is 13.2 Å². The van der Waals surface area contributed by atoms with E-state index in [0.717, 1.165) is 17.7 Å². The number of rotatable bonds is 7. The summed E-state index contributed by atoms with van der Waals surface area (Å²) in [5.41, 5.74) is 0.584. The fourth-order valence-electron chi connectivity index (χ4n) is 3.01. The maximum Gasteiger partial charge on any atom is 0.243 e. The maximum absolute atomic E-state index is 12.6. The van der Waals surface area contributed by atoms with Crippen LogP contribution < -0.4 is 5.32 Å². The van der Waals surface area contributed by atoms with Gasteiger partial charge in [-0.2, -0.15) is 4.31 Å². The van der Waals surface area contributed by atoms with Crippen LogP contribution in [0.5, 0.6) is 0 Å². The Morgan fingerprint density at radius 2 is 1.71 bits per heavy atom. The van der Waals surface area contributed by atoms with Crippen molar-refractivity contribution in [1.29, 1.82) is 0 Å². The number of hydrogen-bond acceptors (Lipinski definition) is 4. The molecule has 1 atom stereocenters. The van der Waals surface area contributed by atoms with Crippen molar-refractivity contribution in [3.63, 3.8) is 0 Å². The highest BCUT2D eigenvalue weighted by atomic mass is 35.5. The minimum absolute atomic E-state index is 0.113. The molecule has 0 spiro atoms. The number of sulfonamides is 1. The number of nitrogens with one attached hydrogen (secondary N) is 1. The Morgan fingerprint density at radius 1 is 1.11 bits per heavy atom. The van der Waals surface area contributed by atoms with E-state index in [-0.39, 0.29) is 16.1 Å². The van der Waals surface area contributed by atoms with Crippen molar-refractivity contribution >= 4 is 45.0 Å². The highest BCUT2D eigenvalue weighted by Crippen LogP contribution is 2.28. The number of thioether (sulfide) groups is 1. The van der Waals surface area contributed by atoms with E-state index >= 15 is 0 Å². The zero-order valence-corrected chi connectivity index (χ0v) is 18.0. The number of anilines is 1. The van der Waals surface area contributed by atoms with Gasteiger partial charge in [-0.3, -0.25) is 4.79 Å². The van der Waals surface area contributed by atoms with Crippen LogP contribution in [0.25, 0.3) is 0 Å². The summed E-state index contributed by atoms with van der Waals surface area (Å²) in [5, 5.41) is 3.28. The molecule has 28 heavy (non-hydrogen) atoms. The quantitative estimate of drug-likeness (QED) is 0.640. The summed E-state index contributed by atoms with van der Waals surface area (Å²) in [6.07, 6.45) is 2.47. The molecule has 2 aromatic rings. The van der Waals surface area contributed by atoms with E-state index in [4.69, 9.17) is 11.6 Å². The van der Waals surface area contributed by atoms with Gasteiger partial charge in [0.2, 0.25) is 15.9 Å². The molecule has 1 aliphatic heterocycles. The van der Waals surface area contributed by atoms with Gasteiger partial charge < -0.3 is 5.32 Å². The minimum atomic E-state index is -3.44. The molecule has 8 heteroatoms. The number of benzene rings is 2. The topological polar surface area (TPSA) is 66.5 Å². The molecule has 0 radical (unpaired) electrons. The normalized spacial score (nSPS) is 16.1. The number of carbonyl (C=O) groups excluding carboxylic acids is 1. The molecule has 1 saturated heterocycles. The Labute approximate surface area is 175 Å². The van der Waals surface area contributed by atoms with Crippen LogP contribution in [0.1, 0.15) is 26.2 Å². The lowest BCUT2D eigenvalue weighted by atomic mass is 10.3. The number of nitrogens with zero attached hydrogens (tertiary/aromatic N) is 1. The van der Waals surface area contributed by atoms with Crippen LogP contribution in [0.3, 0.4) is 0 Å². The summed E-state index contributed by atoms with van der Waals surface area (Å²) in [6, 6.07) is 13.8. The largest absolute Gasteiger partial charge is 0.325 e. The predicted octanol–water partition coefficient (Wildman–Crippen LogP) is 4.63. The lowest BCUT2D eigenvalue weighted by Crippen LogP contribution is -2.28. The van der Waals surface area contributed by atoms with Gasteiger partial charge in [-0.25, -0.2) is 8.42 Å². The molecule has 150 valence electrons. The molecule has 1 N–H and O–H groups in total. The van der Waals surface area contributed by atoms with Gasteiger partial charge in [-0.15, -0.1) is 11.8 Å². The summed E-state index contributed by atoms with van der Waals surface area (Å²) in [5.74, 6) is -0.113. The standard InChI is InChI=1S/C20H23ClN2O3S2/c1-2-19(27-17-9-5-15(21)6-10-17)20(24)22-16-7-11-18(12-8-16)28(25,26)23-13-3-4-14-23/h5-12,19H,2-4,13-14H2,1H3,(H,22,24). The molecule has 2 aromatic carbocycles. The van der Waals surface area contributed by atoms with E-state index in [1.54, 1.807) is 36.4 Å². The van der Waals surface area contributed by atoms with Crippen molar-refractivity contribution in [2.75, 3.05) is 18.4 Å². The SMILES string of the molecule is CCC(Sc1ccc(Cl)cc1)C(=O)Nc1ccc(S(=O)(=O)N2CCCC2)cc1. The molecule has 1 unspecified atom stereocenters. The zero-order valence-electron chi connectivity index (χ0n) is 15.6. The van der Waals surface area contributed by atoms with E-state index in [2.05, 4.69) is 5.32 Å². The summed E-state index contributed by atoms with van der Waals surface area (Å²) >= 11 is 7.38. The van der Waals surface area contributed by atoms with Crippen LogP contribution in [0.15, 0.2) is 58.3 Å². The van der Waals surface area contributed by atoms with Crippen LogP contribution in [-0.4, -0.2) is 37.0 Å². The van der Waals surface area contributed by atoms with E-state index < -0.39 is 10.0 Å². The van der Waals surface area contributed by atoms with Crippen LogP contribution in [0.2, 0.25) is 5.02 Å². The molecular weight excluding hydrogens is 416 g/mol. The first-order chi connectivity index (χ1) is 13.4. The molecule has 0 aromatic heterocycles. The van der Waals surface area contributed by atoms with Gasteiger partial charge in [0.05, 0.1) is 10.1 Å². The lowest BCUT2D eigenvalue weighted by molar-refractivity contribution is -0.115. The second-order valence-electron chi connectivity index (χ2n) is 6.59. The van der Waals surface area contributed by atoms with Crippen LogP contribution >= 0.6 is 23.4 Å². The highest BCUT2D eigenvalue weighted by Gasteiger charge is 2.27. The minimum Gasteiger partial charge on any atom is -0.325 e. The number of amides is 1. The molecule has 0 saturated carbocycles. The Morgan fingerprint density at radius 3 is 2.29 bits per heavy atom. The Hall–Kier alpha value is -1.54. The van der Waals surface area contributed by atoms with Crippen LogP contribution in [0, 0.1) is 0 Å². The average Bonchev–Trinajstić information content (AvgIpc) is 3.23. The van der Waals surface area contributed by atoms with Gasteiger partial charge in [0.25, 0.3) is 0 Å². The Balaban J connectivity index is 1.65. The first-order valence-corrected chi connectivity index (χ1v) is 11.9.